The summed E-state index contributed by atoms with van der Waals surface area (Å²) in [5.41, 5.74) is 1.06. The second kappa shape index (κ2) is 4.65. The molecule has 1 saturated carbocycles. The lowest BCUT2D eigenvalue weighted by molar-refractivity contribution is -0.0544. The van der Waals surface area contributed by atoms with Gasteiger partial charge in [0.15, 0.2) is 0 Å². The SMILES string of the molecule is N#CC1(C2(O)Cc3ccccc3C2)CCCCCC1. The van der Waals surface area contributed by atoms with Crippen LogP contribution >= 0.6 is 0 Å². The highest BCUT2D eigenvalue weighted by Crippen LogP contribution is 2.49. The topological polar surface area (TPSA) is 44.0 Å². The van der Waals surface area contributed by atoms with Crippen LogP contribution < -0.4 is 0 Å². The molecule has 0 radical (unpaired) electrons. The highest BCUT2D eigenvalue weighted by molar-refractivity contribution is 5.38. The predicted octanol–water partition coefficient (Wildman–Crippen LogP) is 3.38. The summed E-state index contributed by atoms with van der Waals surface area (Å²) in [5.74, 6) is 0. The van der Waals surface area contributed by atoms with Crippen LogP contribution in [0.25, 0.3) is 0 Å². The van der Waals surface area contributed by atoms with Crippen molar-refractivity contribution in [1.82, 2.24) is 0 Å². The van der Waals surface area contributed by atoms with E-state index in [1.807, 2.05) is 12.1 Å². The second-order valence-corrected chi connectivity index (χ2v) is 6.26. The standard InChI is InChI=1S/C17H21NO/c18-13-16(9-5-1-2-6-10-16)17(19)11-14-7-3-4-8-15(14)12-17/h3-4,7-8,19H,1-2,5-6,9-12H2. The fraction of sp³-hybridized carbons (Fsp3) is 0.588. The van der Waals surface area contributed by atoms with Crippen molar-refractivity contribution >= 4 is 0 Å². The number of benzene rings is 1. The molecule has 0 aromatic heterocycles. The third-order valence-electron chi connectivity index (χ3n) is 5.15. The molecule has 0 heterocycles. The Bertz CT molecular complexity index is 481. The molecule has 1 fully saturated rings. The summed E-state index contributed by atoms with van der Waals surface area (Å²) < 4.78 is 0. The Morgan fingerprint density at radius 2 is 1.47 bits per heavy atom. The first-order valence-electron chi connectivity index (χ1n) is 7.40. The zero-order chi connectivity index (χ0) is 13.3. The lowest BCUT2D eigenvalue weighted by Gasteiger charge is -2.40. The molecule has 2 aliphatic rings. The lowest BCUT2D eigenvalue weighted by atomic mass is 9.66. The van der Waals surface area contributed by atoms with Crippen LogP contribution in [0, 0.1) is 16.7 Å². The third kappa shape index (κ3) is 1.97. The van der Waals surface area contributed by atoms with Gasteiger partial charge in [0.1, 0.15) is 0 Å². The smallest absolute Gasteiger partial charge is 0.0913 e. The number of aliphatic hydroxyl groups is 1. The third-order valence-corrected chi connectivity index (χ3v) is 5.15. The number of nitriles is 1. The molecule has 19 heavy (non-hydrogen) atoms. The van der Waals surface area contributed by atoms with Crippen LogP contribution in [0.5, 0.6) is 0 Å². The van der Waals surface area contributed by atoms with Crippen molar-refractivity contribution in [2.75, 3.05) is 0 Å². The molecule has 0 aliphatic heterocycles. The summed E-state index contributed by atoms with van der Waals surface area (Å²) in [7, 11) is 0. The van der Waals surface area contributed by atoms with Crippen molar-refractivity contribution in [1.29, 1.82) is 5.26 Å². The fourth-order valence-corrected chi connectivity index (χ4v) is 3.95. The van der Waals surface area contributed by atoms with Gasteiger partial charge in [0.05, 0.1) is 17.1 Å². The number of hydrogen-bond acceptors (Lipinski definition) is 2. The van der Waals surface area contributed by atoms with Crippen molar-refractivity contribution in [2.45, 2.75) is 57.0 Å². The van der Waals surface area contributed by atoms with Crippen molar-refractivity contribution in [3.63, 3.8) is 0 Å². The molecule has 2 nitrogen and oxygen atoms in total. The number of fused-ring (bicyclic) bond motifs is 1. The van der Waals surface area contributed by atoms with E-state index in [0.717, 1.165) is 25.7 Å². The Morgan fingerprint density at radius 1 is 0.947 bits per heavy atom. The monoisotopic (exact) mass is 255 g/mol. The Balaban J connectivity index is 1.95. The average molecular weight is 255 g/mol. The van der Waals surface area contributed by atoms with Crippen LogP contribution in [0.4, 0.5) is 0 Å². The van der Waals surface area contributed by atoms with Gasteiger partial charge in [0.2, 0.25) is 0 Å². The second-order valence-electron chi connectivity index (χ2n) is 6.26. The van der Waals surface area contributed by atoms with Gasteiger partial charge < -0.3 is 5.11 Å². The van der Waals surface area contributed by atoms with Crippen LogP contribution in [0.15, 0.2) is 24.3 Å². The molecule has 2 aliphatic carbocycles. The molecule has 0 unspecified atom stereocenters. The minimum atomic E-state index is -0.851. The van der Waals surface area contributed by atoms with Gasteiger partial charge in [-0.05, 0) is 24.0 Å². The van der Waals surface area contributed by atoms with Gasteiger partial charge in [-0.1, -0.05) is 49.9 Å². The molecular formula is C17H21NO. The molecule has 0 atom stereocenters. The van der Waals surface area contributed by atoms with Crippen LogP contribution in [0.1, 0.15) is 49.7 Å². The maximum Gasteiger partial charge on any atom is 0.0913 e. The summed E-state index contributed by atoms with van der Waals surface area (Å²) in [6.45, 7) is 0. The first-order valence-corrected chi connectivity index (χ1v) is 7.40. The van der Waals surface area contributed by atoms with Crippen molar-refractivity contribution in [2.24, 2.45) is 5.41 Å². The Morgan fingerprint density at radius 3 is 1.95 bits per heavy atom. The molecule has 0 spiro atoms. The molecule has 3 rings (SSSR count). The molecular weight excluding hydrogens is 234 g/mol. The number of nitrogens with zero attached hydrogens (tertiary/aromatic N) is 1. The molecule has 0 bridgehead atoms. The quantitative estimate of drug-likeness (QED) is 0.782. The van der Waals surface area contributed by atoms with E-state index in [1.54, 1.807) is 0 Å². The molecule has 0 saturated heterocycles. The van der Waals surface area contributed by atoms with E-state index in [2.05, 4.69) is 18.2 Å². The van der Waals surface area contributed by atoms with E-state index in [-0.39, 0.29) is 0 Å². The van der Waals surface area contributed by atoms with E-state index >= 15 is 0 Å². The summed E-state index contributed by atoms with van der Waals surface area (Å²) in [5, 5.41) is 21.0. The minimum Gasteiger partial charge on any atom is -0.388 e. The van der Waals surface area contributed by atoms with E-state index in [9.17, 15) is 10.4 Å². The number of rotatable bonds is 1. The van der Waals surface area contributed by atoms with Crippen LogP contribution in [-0.4, -0.2) is 10.7 Å². The Kier molecular flexibility index (Phi) is 3.11. The Labute approximate surface area is 115 Å². The molecule has 1 N–H and O–H groups in total. The van der Waals surface area contributed by atoms with Crippen molar-refractivity contribution in [3.05, 3.63) is 35.4 Å². The lowest BCUT2D eigenvalue weighted by Crippen LogP contribution is -2.48. The fourth-order valence-electron chi connectivity index (χ4n) is 3.95. The van der Waals surface area contributed by atoms with Gasteiger partial charge in [-0.2, -0.15) is 5.26 Å². The highest BCUT2D eigenvalue weighted by Gasteiger charge is 2.53. The van der Waals surface area contributed by atoms with E-state index in [4.69, 9.17) is 0 Å². The molecule has 100 valence electrons. The molecule has 1 aromatic rings. The van der Waals surface area contributed by atoms with Gasteiger partial charge >= 0.3 is 0 Å². The number of hydrogen-bond donors (Lipinski definition) is 1. The van der Waals surface area contributed by atoms with E-state index < -0.39 is 11.0 Å². The zero-order valence-corrected chi connectivity index (χ0v) is 11.4. The van der Waals surface area contributed by atoms with Crippen LogP contribution in [0.3, 0.4) is 0 Å². The Hall–Kier alpha value is -1.33. The maximum absolute atomic E-state index is 11.2. The van der Waals surface area contributed by atoms with Crippen molar-refractivity contribution in [3.8, 4) is 6.07 Å². The van der Waals surface area contributed by atoms with Gasteiger partial charge in [0, 0.05) is 12.8 Å². The summed E-state index contributed by atoms with van der Waals surface area (Å²) in [6, 6.07) is 10.8. The summed E-state index contributed by atoms with van der Waals surface area (Å²) in [6.07, 6.45) is 7.56. The van der Waals surface area contributed by atoms with Crippen LogP contribution in [-0.2, 0) is 12.8 Å². The summed E-state index contributed by atoms with van der Waals surface area (Å²) >= 11 is 0. The van der Waals surface area contributed by atoms with Gasteiger partial charge in [-0.15, -0.1) is 0 Å². The highest BCUT2D eigenvalue weighted by atomic mass is 16.3. The molecule has 0 amide bonds. The first kappa shape index (κ1) is 12.7. The largest absolute Gasteiger partial charge is 0.388 e. The average Bonchev–Trinajstić information content (AvgIpc) is 2.62. The van der Waals surface area contributed by atoms with E-state index in [0.29, 0.717) is 12.8 Å². The van der Waals surface area contributed by atoms with E-state index in [1.165, 1.54) is 24.0 Å². The minimum absolute atomic E-state index is 0.539. The normalized spacial score (nSPS) is 24.2. The maximum atomic E-state index is 11.2. The molecule has 2 heteroatoms. The molecule has 1 aromatic carbocycles. The van der Waals surface area contributed by atoms with Crippen LogP contribution in [0.2, 0.25) is 0 Å². The first-order chi connectivity index (χ1) is 9.19. The van der Waals surface area contributed by atoms with Gasteiger partial charge in [-0.25, -0.2) is 0 Å². The van der Waals surface area contributed by atoms with Gasteiger partial charge in [-0.3, -0.25) is 0 Å². The van der Waals surface area contributed by atoms with Crippen molar-refractivity contribution < 1.29 is 5.11 Å². The summed E-state index contributed by atoms with van der Waals surface area (Å²) in [4.78, 5) is 0. The zero-order valence-electron chi connectivity index (χ0n) is 11.4. The van der Waals surface area contributed by atoms with Gasteiger partial charge in [0.25, 0.3) is 0 Å². The predicted molar refractivity (Wildman–Crippen MR) is 74.5 cm³/mol.